The number of hydrogen-bond donors (Lipinski definition) is 1. The minimum Gasteiger partial charge on any atom is -0.397 e. The highest BCUT2D eigenvalue weighted by Gasteiger charge is 1.98. The molecule has 1 rings (SSSR count). The van der Waals surface area contributed by atoms with Crippen LogP contribution in [0.15, 0.2) is 35.5 Å². The predicted octanol–water partition coefficient (Wildman–Crippen LogP) is 2.72. The average molecular weight is 194 g/mol. The van der Waals surface area contributed by atoms with E-state index in [-0.39, 0.29) is 0 Å². The fourth-order valence-electron chi connectivity index (χ4n) is 0.861. The van der Waals surface area contributed by atoms with Gasteiger partial charge in [-0.1, -0.05) is 5.57 Å². The van der Waals surface area contributed by atoms with E-state index in [1.165, 1.54) is 5.57 Å². The van der Waals surface area contributed by atoms with Crippen LogP contribution >= 0.6 is 11.8 Å². The van der Waals surface area contributed by atoms with Crippen LogP contribution in [0.2, 0.25) is 0 Å². The molecule has 0 aliphatic heterocycles. The van der Waals surface area contributed by atoms with Crippen LogP contribution in [0, 0.1) is 0 Å². The third kappa shape index (κ3) is 3.51. The van der Waals surface area contributed by atoms with Gasteiger partial charge >= 0.3 is 0 Å². The molecule has 0 aliphatic carbocycles. The molecule has 2 nitrogen and oxygen atoms in total. The van der Waals surface area contributed by atoms with E-state index in [1.54, 1.807) is 24.2 Å². The Morgan fingerprint density at radius 3 is 3.08 bits per heavy atom. The van der Waals surface area contributed by atoms with Gasteiger partial charge in [-0.05, 0) is 19.4 Å². The Balaban J connectivity index is 2.45. The predicted molar refractivity (Wildman–Crippen MR) is 58.8 cm³/mol. The molecule has 1 aromatic rings. The smallest absolute Gasteiger partial charge is 0.0638 e. The summed E-state index contributed by atoms with van der Waals surface area (Å²) in [6, 6.07) is 1.94. The standard InChI is InChI=1S/C10H14N2S/c1-8(2)4-6-13-10-3-5-12-7-9(10)11/h3,5,7H,1,4,6,11H2,2H3. The monoisotopic (exact) mass is 194 g/mol. The minimum absolute atomic E-state index is 0.759. The molecule has 0 aromatic carbocycles. The van der Waals surface area contributed by atoms with Crippen LogP contribution < -0.4 is 5.73 Å². The molecule has 0 bridgehead atoms. The van der Waals surface area contributed by atoms with Crippen LogP contribution in [-0.2, 0) is 0 Å². The lowest BCUT2D eigenvalue weighted by Gasteiger charge is -2.03. The molecule has 0 saturated carbocycles. The molecule has 0 radical (unpaired) electrons. The molecular weight excluding hydrogens is 180 g/mol. The number of anilines is 1. The Hall–Kier alpha value is -0.960. The molecule has 0 unspecified atom stereocenters. The first-order valence-electron chi connectivity index (χ1n) is 4.17. The Labute approximate surface area is 83.2 Å². The molecule has 0 atom stereocenters. The largest absolute Gasteiger partial charge is 0.397 e. The number of rotatable bonds is 4. The topological polar surface area (TPSA) is 38.9 Å². The first-order valence-corrected chi connectivity index (χ1v) is 5.15. The summed E-state index contributed by atoms with van der Waals surface area (Å²) in [6.45, 7) is 5.89. The zero-order valence-corrected chi connectivity index (χ0v) is 8.60. The SMILES string of the molecule is C=C(C)CCSc1ccncc1N. The van der Waals surface area contributed by atoms with Crippen molar-refractivity contribution >= 4 is 17.4 Å². The van der Waals surface area contributed by atoms with Crippen LogP contribution in [0.4, 0.5) is 5.69 Å². The van der Waals surface area contributed by atoms with Crippen molar-refractivity contribution in [2.24, 2.45) is 0 Å². The van der Waals surface area contributed by atoms with E-state index in [0.717, 1.165) is 22.8 Å². The first-order chi connectivity index (χ1) is 6.20. The normalized spacial score (nSPS) is 9.92. The van der Waals surface area contributed by atoms with Gasteiger partial charge in [-0.3, -0.25) is 4.98 Å². The number of nitrogen functional groups attached to an aromatic ring is 1. The minimum atomic E-state index is 0.759. The number of thioether (sulfide) groups is 1. The molecule has 2 N–H and O–H groups in total. The van der Waals surface area contributed by atoms with E-state index in [2.05, 4.69) is 11.6 Å². The van der Waals surface area contributed by atoms with Crippen molar-refractivity contribution in [1.29, 1.82) is 0 Å². The third-order valence-electron chi connectivity index (χ3n) is 1.60. The van der Waals surface area contributed by atoms with Crippen molar-refractivity contribution in [3.05, 3.63) is 30.6 Å². The lowest BCUT2D eigenvalue weighted by Crippen LogP contribution is -1.90. The maximum atomic E-state index is 5.73. The first kappa shape index (κ1) is 10.1. The van der Waals surface area contributed by atoms with Crippen molar-refractivity contribution in [3.63, 3.8) is 0 Å². The number of nitrogens with two attached hydrogens (primary N) is 1. The van der Waals surface area contributed by atoms with Gasteiger partial charge in [-0.15, -0.1) is 18.3 Å². The summed E-state index contributed by atoms with van der Waals surface area (Å²) in [5.74, 6) is 1.03. The van der Waals surface area contributed by atoms with Gasteiger partial charge in [0.1, 0.15) is 0 Å². The Bertz CT molecular complexity index is 297. The second-order valence-corrected chi connectivity index (χ2v) is 4.11. The van der Waals surface area contributed by atoms with E-state index in [4.69, 9.17) is 5.73 Å². The van der Waals surface area contributed by atoms with Crippen LogP contribution in [-0.4, -0.2) is 10.7 Å². The van der Waals surface area contributed by atoms with E-state index in [9.17, 15) is 0 Å². The van der Waals surface area contributed by atoms with E-state index in [1.807, 2.05) is 13.0 Å². The molecule has 1 aromatic heterocycles. The average Bonchev–Trinajstić information content (AvgIpc) is 2.08. The maximum Gasteiger partial charge on any atom is 0.0638 e. The molecule has 1 heterocycles. The molecule has 0 saturated heterocycles. The second-order valence-electron chi connectivity index (χ2n) is 2.97. The fraction of sp³-hybridized carbons (Fsp3) is 0.300. The lowest BCUT2D eigenvalue weighted by atomic mass is 10.3. The summed E-state index contributed by atoms with van der Waals surface area (Å²) in [5.41, 5.74) is 7.70. The van der Waals surface area contributed by atoms with Crippen LogP contribution in [0.5, 0.6) is 0 Å². The summed E-state index contributed by atoms with van der Waals surface area (Å²) in [7, 11) is 0. The highest BCUT2D eigenvalue weighted by Crippen LogP contribution is 2.24. The van der Waals surface area contributed by atoms with Crippen molar-refractivity contribution in [3.8, 4) is 0 Å². The van der Waals surface area contributed by atoms with Crippen LogP contribution in [0.25, 0.3) is 0 Å². The quantitative estimate of drug-likeness (QED) is 0.591. The highest BCUT2D eigenvalue weighted by molar-refractivity contribution is 7.99. The molecule has 0 fully saturated rings. The van der Waals surface area contributed by atoms with Gasteiger partial charge in [0, 0.05) is 16.8 Å². The number of nitrogens with zero attached hydrogens (tertiary/aromatic N) is 1. The molecular formula is C10H14N2S. The van der Waals surface area contributed by atoms with E-state index in [0.29, 0.717) is 0 Å². The van der Waals surface area contributed by atoms with Crippen molar-refractivity contribution in [2.45, 2.75) is 18.2 Å². The van der Waals surface area contributed by atoms with Crippen molar-refractivity contribution < 1.29 is 0 Å². The zero-order chi connectivity index (χ0) is 9.68. The molecule has 13 heavy (non-hydrogen) atoms. The van der Waals surface area contributed by atoms with Crippen molar-refractivity contribution in [2.75, 3.05) is 11.5 Å². The summed E-state index contributed by atoms with van der Waals surface area (Å²) >= 11 is 1.75. The van der Waals surface area contributed by atoms with E-state index < -0.39 is 0 Å². The molecule has 0 spiro atoms. The van der Waals surface area contributed by atoms with Crippen LogP contribution in [0.1, 0.15) is 13.3 Å². The summed E-state index contributed by atoms with van der Waals surface area (Å²) in [4.78, 5) is 5.04. The van der Waals surface area contributed by atoms with Gasteiger partial charge < -0.3 is 5.73 Å². The van der Waals surface area contributed by atoms with Gasteiger partial charge in [-0.25, -0.2) is 0 Å². The van der Waals surface area contributed by atoms with Gasteiger partial charge in [0.25, 0.3) is 0 Å². The second kappa shape index (κ2) is 4.92. The van der Waals surface area contributed by atoms with E-state index >= 15 is 0 Å². The van der Waals surface area contributed by atoms with Gasteiger partial charge in [0.15, 0.2) is 0 Å². The van der Waals surface area contributed by atoms with Gasteiger partial charge in [-0.2, -0.15) is 0 Å². The number of pyridine rings is 1. The molecule has 0 amide bonds. The third-order valence-corrected chi connectivity index (χ3v) is 2.69. The van der Waals surface area contributed by atoms with Crippen molar-refractivity contribution in [1.82, 2.24) is 4.98 Å². The number of allylic oxidation sites excluding steroid dienone is 1. The molecule has 0 aliphatic rings. The fourth-order valence-corrected chi connectivity index (χ4v) is 1.91. The lowest BCUT2D eigenvalue weighted by molar-refractivity contribution is 1.12. The summed E-state index contributed by atoms with van der Waals surface area (Å²) in [6.07, 6.45) is 4.48. The zero-order valence-electron chi connectivity index (χ0n) is 7.79. The highest BCUT2D eigenvalue weighted by atomic mass is 32.2. The van der Waals surface area contributed by atoms with Crippen LogP contribution in [0.3, 0.4) is 0 Å². The number of aromatic nitrogens is 1. The Morgan fingerprint density at radius 2 is 2.46 bits per heavy atom. The molecule has 3 heteroatoms. The Morgan fingerprint density at radius 1 is 1.69 bits per heavy atom. The number of hydrogen-bond acceptors (Lipinski definition) is 3. The van der Waals surface area contributed by atoms with Gasteiger partial charge in [0.05, 0.1) is 11.9 Å². The maximum absolute atomic E-state index is 5.73. The molecule has 70 valence electrons. The summed E-state index contributed by atoms with van der Waals surface area (Å²) < 4.78 is 0. The van der Waals surface area contributed by atoms with Gasteiger partial charge in [0.2, 0.25) is 0 Å². The Kier molecular flexibility index (Phi) is 3.83. The summed E-state index contributed by atoms with van der Waals surface area (Å²) in [5, 5.41) is 0.